The number of methoxy groups -OCH3 is 1. The Kier molecular flexibility index (Phi) is 5.98. The van der Waals surface area contributed by atoms with Crippen molar-refractivity contribution in [2.75, 3.05) is 12.0 Å². The maximum atomic E-state index is 13.5. The van der Waals surface area contributed by atoms with Crippen LogP contribution in [0.15, 0.2) is 78.9 Å². The highest BCUT2D eigenvalue weighted by Gasteiger charge is 2.44. The standard InChI is InChI=1S/C25H21FN2O4/c1-32-21-9-5-6-18(14-21)24(30)27(16-17-10-12-19(26)13-11-17)22-15-23(29)28(25(22)31)20-7-3-2-4-8-20/h2-14,22H,15-16H2,1H3. The highest BCUT2D eigenvalue weighted by Crippen LogP contribution is 2.28. The minimum atomic E-state index is -0.980. The summed E-state index contributed by atoms with van der Waals surface area (Å²) in [6.07, 6.45) is -0.134. The Hall–Kier alpha value is -4.00. The number of hydrogen-bond acceptors (Lipinski definition) is 4. The van der Waals surface area contributed by atoms with Gasteiger partial charge in [0.1, 0.15) is 17.6 Å². The molecule has 6 nitrogen and oxygen atoms in total. The van der Waals surface area contributed by atoms with Gasteiger partial charge >= 0.3 is 0 Å². The third kappa shape index (κ3) is 4.23. The summed E-state index contributed by atoms with van der Waals surface area (Å²) in [5.74, 6) is -1.18. The van der Waals surface area contributed by atoms with E-state index in [9.17, 15) is 18.8 Å². The molecule has 1 unspecified atom stereocenters. The van der Waals surface area contributed by atoms with Crippen molar-refractivity contribution >= 4 is 23.4 Å². The van der Waals surface area contributed by atoms with Crippen LogP contribution in [0, 0.1) is 5.82 Å². The predicted molar refractivity (Wildman–Crippen MR) is 117 cm³/mol. The van der Waals surface area contributed by atoms with Crippen LogP contribution in [-0.4, -0.2) is 35.8 Å². The average Bonchev–Trinajstić information content (AvgIpc) is 3.12. The topological polar surface area (TPSA) is 66.9 Å². The molecular weight excluding hydrogens is 411 g/mol. The molecule has 0 spiro atoms. The van der Waals surface area contributed by atoms with E-state index in [0.29, 0.717) is 22.6 Å². The van der Waals surface area contributed by atoms with Gasteiger partial charge in [0, 0.05) is 12.1 Å². The number of anilines is 1. The van der Waals surface area contributed by atoms with Crippen molar-refractivity contribution in [2.45, 2.75) is 19.0 Å². The fraction of sp³-hybridized carbons (Fsp3) is 0.160. The molecule has 3 aromatic carbocycles. The summed E-state index contributed by atoms with van der Waals surface area (Å²) < 4.78 is 18.6. The fourth-order valence-corrected chi connectivity index (χ4v) is 3.74. The quantitative estimate of drug-likeness (QED) is 0.556. The van der Waals surface area contributed by atoms with Crippen LogP contribution in [0.3, 0.4) is 0 Å². The van der Waals surface area contributed by atoms with E-state index in [-0.39, 0.29) is 18.9 Å². The molecule has 1 aliphatic heterocycles. The van der Waals surface area contributed by atoms with E-state index in [1.165, 1.54) is 24.1 Å². The zero-order chi connectivity index (χ0) is 22.7. The van der Waals surface area contributed by atoms with Gasteiger partial charge in [-0.15, -0.1) is 0 Å². The third-order valence-electron chi connectivity index (χ3n) is 5.36. The number of halogens is 1. The number of benzene rings is 3. The molecule has 3 amide bonds. The number of carbonyl (C=O) groups is 3. The Labute approximate surface area is 184 Å². The van der Waals surface area contributed by atoms with Crippen molar-refractivity contribution in [2.24, 2.45) is 0 Å². The van der Waals surface area contributed by atoms with Gasteiger partial charge < -0.3 is 9.64 Å². The predicted octanol–water partition coefficient (Wildman–Crippen LogP) is 3.81. The van der Waals surface area contributed by atoms with Gasteiger partial charge in [-0.2, -0.15) is 0 Å². The van der Waals surface area contributed by atoms with Crippen molar-refractivity contribution in [3.63, 3.8) is 0 Å². The summed E-state index contributed by atoms with van der Waals surface area (Å²) >= 11 is 0. The van der Waals surface area contributed by atoms with Crippen molar-refractivity contribution in [3.8, 4) is 5.75 Å². The van der Waals surface area contributed by atoms with Crippen LogP contribution in [0.25, 0.3) is 0 Å². The van der Waals surface area contributed by atoms with Crippen molar-refractivity contribution in [1.82, 2.24) is 4.90 Å². The van der Waals surface area contributed by atoms with Crippen LogP contribution in [0.2, 0.25) is 0 Å². The van der Waals surface area contributed by atoms with E-state index >= 15 is 0 Å². The van der Waals surface area contributed by atoms with Crippen LogP contribution in [0.5, 0.6) is 5.75 Å². The molecule has 0 aliphatic carbocycles. The number of nitrogens with zero attached hydrogens (tertiary/aromatic N) is 2. The zero-order valence-corrected chi connectivity index (χ0v) is 17.4. The van der Waals surface area contributed by atoms with Crippen molar-refractivity contribution in [1.29, 1.82) is 0 Å². The molecule has 3 aromatic rings. The van der Waals surface area contributed by atoms with Gasteiger partial charge in [0.2, 0.25) is 5.91 Å². The fourth-order valence-electron chi connectivity index (χ4n) is 3.74. The molecular formula is C25H21FN2O4. The molecule has 0 radical (unpaired) electrons. The largest absolute Gasteiger partial charge is 0.497 e. The molecule has 1 heterocycles. The van der Waals surface area contributed by atoms with E-state index in [1.807, 2.05) is 0 Å². The first-order valence-electron chi connectivity index (χ1n) is 10.1. The molecule has 0 saturated carbocycles. The van der Waals surface area contributed by atoms with Gasteiger partial charge in [0.25, 0.3) is 11.8 Å². The number of ether oxygens (including phenoxy) is 1. The minimum absolute atomic E-state index is 0.0443. The summed E-state index contributed by atoms with van der Waals surface area (Å²) in [4.78, 5) is 42.0. The van der Waals surface area contributed by atoms with Crippen LogP contribution in [0.4, 0.5) is 10.1 Å². The van der Waals surface area contributed by atoms with E-state index in [1.54, 1.807) is 66.7 Å². The molecule has 0 aromatic heterocycles. The number of amides is 3. The Balaban J connectivity index is 1.70. The van der Waals surface area contributed by atoms with Gasteiger partial charge in [-0.1, -0.05) is 36.4 Å². The van der Waals surface area contributed by atoms with Gasteiger partial charge in [-0.05, 0) is 48.0 Å². The average molecular weight is 432 g/mol. The molecule has 4 rings (SSSR count). The monoisotopic (exact) mass is 432 g/mol. The van der Waals surface area contributed by atoms with Gasteiger partial charge in [0.15, 0.2) is 0 Å². The first-order chi connectivity index (χ1) is 15.5. The molecule has 1 fully saturated rings. The lowest BCUT2D eigenvalue weighted by Crippen LogP contribution is -2.45. The number of imide groups is 1. The van der Waals surface area contributed by atoms with Crippen LogP contribution in [-0.2, 0) is 16.1 Å². The highest BCUT2D eigenvalue weighted by atomic mass is 19.1. The molecule has 1 aliphatic rings. The summed E-state index contributed by atoms with van der Waals surface area (Å²) in [5, 5.41) is 0. The summed E-state index contributed by atoms with van der Waals surface area (Å²) in [6.45, 7) is 0.0443. The summed E-state index contributed by atoms with van der Waals surface area (Å²) in [7, 11) is 1.50. The first-order valence-corrected chi connectivity index (χ1v) is 10.1. The number of rotatable bonds is 6. The third-order valence-corrected chi connectivity index (χ3v) is 5.36. The molecule has 7 heteroatoms. The van der Waals surface area contributed by atoms with Gasteiger partial charge in [-0.25, -0.2) is 9.29 Å². The lowest BCUT2D eigenvalue weighted by Gasteiger charge is -2.28. The van der Waals surface area contributed by atoms with Gasteiger partial charge in [-0.3, -0.25) is 14.4 Å². The van der Waals surface area contributed by atoms with E-state index < -0.39 is 23.7 Å². The van der Waals surface area contributed by atoms with E-state index in [0.717, 1.165) is 4.90 Å². The van der Waals surface area contributed by atoms with Crippen LogP contribution < -0.4 is 9.64 Å². The Bertz CT molecular complexity index is 1150. The Morgan fingerprint density at radius 3 is 2.44 bits per heavy atom. The SMILES string of the molecule is COc1cccc(C(=O)N(Cc2ccc(F)cc2)C2CC(=O)N(c3ccccc3)C2=O)c1. The maximum Gasteiger partial charge on any atom is 0.257 e. The smallest absolute Gasteiger partial charge is 0.257 e. The number of para-hydroxylation sites is 1. The van der Waals surface area contributed by atoms with E-state index in [2.05, 4.69) is 0 Å². The molecule has 0 N–H and O–H groups in total. The summed E-state index contributed by atoms with van der Waals surface area (Å²) in [5.41, 5.74) is 1.42. The Morgan fingerprint density at radius 1 is 1.03 bits per heavy atom. The molecule has 162 valence electrons. The molecule has 1 atom stereocenters. The second kappa shape index (κ2) is 9.01. The number of hydrogen-bond donors (Lipinski definition) is 0. The minimum Gasteiger partial charge on any atom is -0.497 e. The second-order valence-corrected chi connectivity index (χ2v) is 7.41. The molecule has 32 heavy (non-hydrogen) atoms. The number of carbonyl (C=O) groups excluding carboxylic acids is 3. The summed E-state index contributed by atoms with van der Waals surface area (Å²) in [6, 6.07) is 19.9. The molecule has 1 saturated heterocycles. The van der Waals surface area contributed by atoms with Crippen molar-refractivity contribution in [3.05, 3.63) is 95.8 Å². The molecule has 0 bridgehead atoms. The zero-order valence-electron chi connectivity index (χ0n) is 17.4. The maximum absolute atomic E-state index is 13.5. The normalized spacial score (nSPS) is 15.7. The Morgan fingerprint density at radius 2 is 1.75 bits per heavy atom. The van der Waals surface area contributed by atoms with Crippen LogP contribution in [0.1, 0.15) is 22.3 Å². The van der Waals surface area contributed by atoms with E-state index in [4.69, 9.17) is 4.74 Å². The van der Waals surface area contributed by atoms with Crippen LogP contribution >= 0.6 is 0 Å². The lowest BCUT2D eigenvalue weighted by molar-refractivity contribution is -0.122. The lowest BCUT2D eigenvalue weighted by atomic mass is 10.1. The second-order valence-electron chi connectivity index (χ2n) is 7.41. The highest BCUT2D eigenvalue weighted by molar-refractivity contribution is 6.23. The first kappa shape index (κ1) is 21.2. The van der Waals surface area contributed by atoms with Crippen molar-refractivity contribution < 1.29 is 23.5 Å². The van der Waals surface area contributed by atoms with Gasteiger partial charge in [0.05, 0.1) is 19.2 Å².